The molecule has 5 heteroatoms. The van der Waals surface area contributed by atoms with E-state index < -0.39 is 17.4 Å². The first-order chi connectivity index (χ1) is 13.5. The summed E-state index contributed by atoms with van der Waals surface area (Å²) in [5.74, 6) is -2.28. The minimum absolute atomic E-state index is 0.281. The predicted molar refractivity (Wildman–Crippen MR) is 116 cm³/mol. The topological polar surface area (TPSA) is 66.4 Å². The zero-order valence-electron chi connectivity index (χ0n) is 19.5. The van der Waals surface area contributed by atoms with Crippen molar-refractivity contribution < 1.29 is 23.9 Å². The van der Waals surface area contributed by atoms with E-state index in [2.05, 4.69) is 51.5 Å². The summed E-state index contributed by atoms with van der Waals surface area (Å²) >= 11 is 0. The Labute approximate surface area is 177 Å². The third kappa shape index (κ3) is 9.93. The summed E-state index contributed by atoms with van der Waals surface area (Å²) < 4.78 is 6.10. The number of rotatable bonds is 11. The van der Waals surface area contributed by atoms with Gasteiger partial charge in [-0.3, -0.25) is 4.79 Å². The number of nitrogens with zero attached hydrogens (tertiary/aromatic N) is 1. The van der Waals surface area contributed by atoms with Crippen LogP contribution in [0.5, 0.6) is 0 Å². The number of carbonyl (C=O) groups is 2. The number of unbranched alkanes of at least 4 members (excludes halogenated alkanes) is 2. The molecule has 0 saturated heterocycles. The molecule has 1 rings (SSSR count). The van der Waals surface area contributed by atoms with Crippen LogP contribution in [-0.4, -0.2) is 44.2 Å². The molecule has 0 heterocycles. The van der Waals surface area contributed by atoms with Crippen LogP contribution < -0.4 is 5.11 Å². The van der Waals surface area contributed by atoms with Gasteiger partial charge < -0.3 is 19.1 Å². The highest BCUT2D eigenvalue weighted by Crippen LogP contribution is 2.34. The zero-order chi connectivity index (χ0) is 22.5. The Morgan fingerprint density at radius 3 is 2.00 bits per heavy atom. The number of quaternary nitrogens is 1. The van der Waals surface area contributed by atoms with Crippen molar-refractivity contribution >= 4 is 11.9 Å². The first kappa shape index (κ1) is 27.1. The van der Waals surface area contributed by atoms with E-state index in [-0.39, 0.29) is 18.9 Å². The van der Waals surface area contributed by atoms with Crippen LogP contribution in [-0.2, 0) is 20.9 Å². The largest absolute Gasteiger partial charge is 0.549 e. The summed E-state index contributed by atoms with van der Waals surface area (Å²) in [6.45, 7) is 8.78. The molecule has 1 aromatic rings. The number of esters is 1. The fraction of sp³-hybridized carbons (Fsp3) is 0.667. The Bertz CT molecular complexity index is 593. The lowest BCUT2D eigenvalue weighted by atomic mass is 9.73. The lowest BCUT2D eigenvalue weighted by Gasteiger charge is -2.36. The molecule has 0 amide bonds. The van der Waals surface area contributed by atoms with Crippen molar-refractivity contribution in [1.82, 2.24) is 0 Å². The highest BCUT2D eigenvalue weighted by Gasteiger charge is 2.44. The van der Waals surface area contributed by atoms with Gasteiger partial charge in [-0.1, -0.05) is 77.3 Å². The molecule has 0 saturated carbocycles. The standard InChI is InChI=1S/C14H26O4.C10H16N/c1-5-7-9-14(11(3)4,12(15)16)13(17)18-10-8-6-2;1-11(2,3)9-10-7-5-4-6-8-10/h11H,5-10H2,1-4H3,(H,15,16);4-8H,9H2,1-3H3/q;+1/p-1. The molecule has 0 N–H and O–H groups in total. The second kappa shape index (κ2) is 13.4. The molecule has 0 fully saturated rings. The Hall–Kier alpha value is -1.88. The summed E-state index contributed by atoms with van der Waals surface area (Å²) in [5.41, 5.74) is -0.0935. The molecule has 0 spiro atoms. The number of carboxylic acids is 1. The van der Waals surface area contributed by atoms with Crippen LogP contribution in [0, 0.1) is 11.3 Å². The molecule has 166 valence electrons. The maximum atomic E-state index is 12.1. The minimum Gasteiger partial charge on any atom is -0.549 e. The molecule has 0 aliphatic heterocycles. The van der Waals surface area contributed by atoms with Crippen LogP contribution in [0.25, 0.3) is 0 Å². The number of hydrogen-bond donors (Lipinski definition) is 0. The SMILES string of the molecule is CCCCOC(=O)C(CCCC)(C(=O)[O-])C(C)C.C[N+](C)(C)Cc1ccccc1. The quantitative estimate of drug-likeness (QED) is 0.242. The lowest BCUT2D eigenvalue weighted by Crippen LogP contribution is -2.52. The normalized spacial score (nSPS) is 13.2. The lowest BCUT2D eigenvalue weighted by molar-refractivity contribution is -0.884. The van der Waals surface area contributed by atoms with Crippen LogP contribution in [0.3, 0.4) is 0 Å². The van der Waals surface area contributed by atoms with E-state index >= 15 is 0 Å². The molecule has 0 radical (unpaired) electrons. The molecule has 0 aromatic heterocycles. The molecule has 1 atom stereocenters. The summed E-state index contributed by atoms with van der Waals surface area (Å²) in [6.07, 6.45) is 3.45. The number of ether oxygens (including phenoxy) is 1. The van der Waals surface area contributed by atoms with E-state index in [4.69, 9.17) is 4.74 Å². The van der Waals surface area contributed by atoms with Crippen LogP contribution >= 0.6 is 0 Å². The van der Waals surface area contributed by atoms with Gasteiger partial charge in [0.2, 0.25) is 0 Å². The van der Waals surface area contributed by atoms with Gasteiger partial charge in [-0.05, 0) is 18.8 Å². The smallest absolute Gasteiger partial charge is 0.318 e. The molecule has 5 nitrogen and oxygen atoms in total. The van der Waals surface area contributed by atoms with Crippen LogP contribution in [0.4, 0.5) is 0 Å². The van der Waals surface area contributed by atoms with Gasteiger partial charge in [0.15, 0.2) is 0 Å². The molecule has 0 aliphatic carbocycles. The number of carbonyl (C=O) groups excluding carboxylic acids is 2. The number of benzene rings is 1. The van der Waals surface area contributed by atoms with Crippen molar-refractivity contribution in [3.63, 3.8) is 0 Å². The van der Waals surface area contributed by atoms with Crippen molar-refractivity contribution in [3.8, 4) is 0 Å². The van der Waals surface area contributed by atoms with E-state index in [1.54, 1.807) is 13.8 Å². The van der Waals surface area contributed by atoms with E-state index in [1.807, 2.05) is 13.8 Å². The highest BCUT2D eigenvalue weighted by atomic mass is 16.5. The number of hydrogen-bond acceptors (Lipinski definition) is 4. The fourth-order valence-corrected chi connectivity index (χ4v) is 3.07. The van der Waals surface area contributed by atoms with E-state index in [0.717, 1.165) is 30.3 Å². The van der Waals surface area contributed by atoms with Crippen molar-refractivity contribution in [2.24, 2.45) is 11.3 Å². The van der Waals surface area contributed by atoms with E-state index in [9.17, 15) is 14.7 Å². The van der Waals surface area contributed by atoms with Crippen molar-refractivity contribution in [2.45, 2.75) is 66.3 Å². The average Bonchev–Trinajstić information content (AvgIpc) is 2.62. The summed E-state index contributed by atoms with van der Waals surface area (Å²) in [7, 11) is 6.60. The first-order valence-corrected chi connectivity index (χ1v) is 10.7. The molecular weight excluding hydrogens is 366 g/mol. The van der Waals surface area contributed by atoms with Gasteiger partial charge in [0, 0.05) is 5.56 Å². The van der Waals surface area contributed by atoms with Gasteiger partial charge in [0.05, 0.1) is 33.7 Å². The average molecular weight is 408 g/mol. The second-order valence-corrected chi connectivity index (χ2v) is 8.94. The highest BCUT2D eigenvalue weighted by molar-refractivity contribution is 5.98. The summed E-state index contributed by atoms with van der Waals surface area (Å²) in [5, 5.41) is 11.4. The van der Waals surface area contributed by atoms with Crippen LogP contribution in [0.15, 0.2) is 30.3 Å². The van der Waals surface area contributed by atoms with Crippen molar-refractivity contribution in [1.29, 1.82) is 0 Å². The maximum absolute atomic E-state index is 12.1. The Kier molecular flexibility index (Phi) is 12.5. The Balaban J connectivity index is 0.000000604. The van der Waals surface area contributed by atoms with Gasteiger partial charge in [-0.25, -0.2) is 0 Å². The van der Waals surface area contributed by atoms with E-state index in [0.29, 0.717) is 6.42 Å². The summed E-state index contributed by atoms with van der Waals surface area (Å²) in [4.78, 5) is 23.5. The van der Waals surface area contributed by atoms with Gasteiger partial charge in [-0.15, -0.1) is 0 Å². The third-order valence-electron chi connectivity index (χ3n) is 4.87. The monoisotopic (exact) mass is 407 g/mol. The maximum Gasteiger partial charge on any atom is 0.318 e. The fourth-order valence-electron chi connectivity index (χ4n) is 3.07. The molecule has 1 aromatic carbocycles. The molecular formula is C24H41NO4. The van der Waals surface area contributed by atoms with Gasteiger partial charge in [0.1, 0.15) is 12.0 Å². The second-order valence-electron chi connectivity index (χ2n) is 8.94. The van der Waals surface area contributed by atoms with Gasteiger partial charge in [-0.2, -0.15) is 0 Å². The van der Waals surface area contributed by atoms with Gasteiger partial charge in [0.25, 0.3) is 0 Å². The van der Waals surface area contributed by atoms with Crippen LogP contribution in [0.1, 0.15) is 65.4 Å². The first-order valence-electron chi connectivity index (χ1n) is 10.7. The molecule has 0 bridgehead atoms. The minimum atomic E-state index is -1.50. The van der Waals surface area contributed by atoms with E-state index in [1.165, 1.54) is 5.56 Å². The van der Waals surface area contributed by atoms with Crippen LogP contribution in [0.2, 0.25) is 0 Å². The Morgan fingerprint density at radius 2 is 1.59 bits per heavy atom. The number of carboxylic acid groups (broad SMARTS) is 1. The number of aliphatic carboxylic acids is 1. The molecule has 29 heavy (non-hydrogen) atoms. The zero-order valence-corrected chi connectivity index (χ0v) is 19.5. The third-order valence-corrected chi connectivity index (χ3v) is 4.87. The molecule has 1 unspecified atom stereocenters. The summed E-state index contributed by atoms with van der Waals surface area (Å²) in [6, 6.07) is 10.6. The predicted octanol–water partition coefficient (Wildman–Crippen LogP) is 3.81. The van der Waals surface area contributed by atoms with Crippen molar-refractivity contribution in [3.05, 3.63) is 35.9 Å². The van der Waals surface area contributed by atoms with Crippen molar-refractivity contribution in [2.75, 3.05) is 27.7 Å². The molecule has 0 aliphatic rings. The van der Waals surface area contributed by atoms with Gasteiger partial charge >= 0.3 is 5.97 Å². The Morgan fingerprint density at radius 1 is 1.03 bits per heavy atom.